The summed E-state index contributed by atoms with van der Waals surface area (Å²) in [6.07, 6.45) is 0.796. The lowest BCUT2D eigenvalue weighted by Crippen LogP contribution is -2.19. The average Bonchev–Trinajstić information content (AvgIpc) is 2.22. The summed E-state index contributed by atoms with van der Waals surface area (Å²) < 4.78 is 0. The van der Waals surface area contributed by atoms with E-state index in [1.54, 1.807) is 18.2 Å². The molecular formula is C11H13Cl2NO. The third kappa shape index (κ3) is 3.40. The monoisotopic (exact) mass is 245 g/mol. The van der Waals surface area contributed by atoms with Crippen LogP contribution in [0.3, 0.4) is 0 Å². The van der Waals surface area contributed by atoms with Crippen LogP contribution in [0, 0.1) is 5.92 Å². The van der Waals surface area contributed by atoms with Gasteiger partial charge in [0.2, 0.25) is 5.91 Å². The fourth-order valence-corrected chi connectivity index (χ4v) is 1.37. The number of carbonyl (C=O) groups excluding carboxylic acids is 1. The largest absolute Gasteiger partial charge is 0.324 e. The fourth-order valence-electron chi connectivity index (χ4n) is 1.03. The van der Waals surface area contributed by atoms with E-state index < -0.39 is 0 Å². The number of anilines is 1. The Kier molecular flexibility index (Phi) is 4.43. The van der Waals surface area contributed by atoms with Crippen molar-refractivity contribution in [2.24, 2.45) is 5.92 Å². The van der Waals surface area contributed by atoms with Gasteiger partial charge in [0, 0.05) is 10.9 Å². The third-order valence-corrected chi connectivity index (χ3v) is 2.81. The van der Waals surface area contributed by atoms with Crippen LogP contribution < -0.4 is 5.32 Å². The first-order valence-electron chi connectivity index (χ1n) is 4.80. The molecule has 0 saturated heterocycles. The van der Waals surface area contributed by atoms with Gasteiger partial charge in [0.1, 0.15) is 0 Å². The molecule has 82 valence electrons. The number of nitrogens with one attached hydrogen (secondary N) is 1. The van der Waals surface area contributed by atoms with Crippen molar-refractivity contribution in [3.8, 4) is 0 Å². The summed E-state index contributed by atoms with van der Waals surface area (Å²) >= 11 is 11.7. The van der Waals surface area contributed by atoms with Crippen molar-refractivity contribution in [3.63, 3.8) is 0 Å². The molecule has 1 atom stereocenters. The highest BCUT2D eigenvalue weighted by atomic mass is 35.5. The van der Waals surface area contributed by atoms with E-state index in [9.17, 15) is 4.79 Å². The normalized spacial score (nSPS) is 12.3. The molecule has 0 aromatic heterocycles. The first-order valence-corrected chi connectivity index (χ1v) is 5.56. The van der Waals surface area contributed by atoms with E-state index in [0.29, 0.717) is 15.7 Å². The summed E-state index contributed by atoms with van der Waals surface area (Å²) in [5.74, 6) is -0.0679. The van der Waals surface area contributed by atoms with Crippen LogP contribution >= 0.6 is 23.2 Å². The Balaban J connectivity index is 2.80. The van der Waals surface area contributed by atoms with Gasteiger partial charge in [0.15, 0.2) is 0 Å². The van der Waals surface area contributed by atoms with Crippen LogP contribution in [-0.4, -0.2) is 5.91 Å². The molecule has 1 N–H and O–H groups in total. The molecule has 1 unspecified atom stereocenters. The van der Waals surface area contributed by atoms with Crippen molar-refractivity contribution in [1.82, 2.24) is 0 Å². The molecule has 0 saturated carbocycles. The van der Waals surface area contributed by atoms with Crippen LogP contribution in [0.1, 0.15) is 20.3 Å². The minimum atomic E-state index is -0.0401. The molecule has 0 aliphatic heterocycles. The van der Waals surface area contributed by atoms with Crippen molar-refractivity contribution >= 4 is 34.8 Å². The number of halogens is 2. The van der Waals surface area contributed by atoms with Crippen LogP contribution in [0.5, 0.6) is 0 Å². The molecule has 0 radical (unpaired) electrons. The molecule has 0 aliphatic carbocycles. The van der Waals surface area contributed by atoms with Gasteiger partial charge in [-0.15, -0.1) is 0 Å². The molecule has 15 heavy (non-hydrogen) atoms. The Morgan fingerprint density at radius 3 is 2.73 bits per heavy atom. The minimum Gasteiger partial charge on any atom is -0.324 e. The minimum absolute atomic E-state index is 0.0277. The molecule has 1 aromatic carbocycles. The Bertz CT molecular complexity index is 366. The highest BCUT2D eigenvalue weighted by molar-refractivity contribution is 6.35. The highest BCUT2D eigenvalue weighted by Gasteiger charge is 2.12. The molecule has 1 rings (SSSR count). The lowest BCUT2D eigenvalue weighted by molar-refractivity contribution is -0.119. The standard InChI is InChI=1S/C11H13Cl2NO/c1-3-7(2)11(15)14-10-6-8(12)4-5-9(10)13/h4-7H,3H2,1-2H3,(H,14,15). The van der Waals surface area contributed by atoms with Gasteiger partial charge in [-0.25, -0.2) is 0 Å². The van der Waals surface area contributed by atoms with Crippen LogP contribution in [0.2, 0.25) is 10.0 Å². The maximum atomic E-state index is 11.6. The van der Waals surface area contributed by atoms with E-state index in [1.807, 2.05) is 13.8 Å². The number of amides is 1. The zero-order valence-corrected chi connectivity index (χ0v) is 10.2. The van der Waals surface area contributed by atoms with Crippen molar-refractivity contribution in [2.45, 2.75) is 20.3 Å². The summed E-state index contributed by atoms with van der Waals surface area (Å²) in [5.41, 5.74) is 0.564. The first-order chi connectivity index (χ1) is 7.04. The highest BCUT2D eigenvalue weighted by Crippen LogP contribution is 2.25. The van der Waals surface area contributed by atoms with Gasteiger partial charge in [-0.2, -0.15) is 0 Å². The van der Waals surface area contributed by atoms with Crippen molar-refractivity contribution in [1.29, 1.82) is 0 Å². The summed E-state index contributed by atoms with van der Waals surface area (Å²) in [5, 5.41) is 3.80. The number of hydrogen-bond donors (Lipinski definition) is 1. The van der Waals surface area contributed by atoms with Gasteiger partial charge in [-0.3, -0.25) is 4.79 Å². The first kappa shape index (κ1) is 12.3. The van der Waals surface area contributed by atoms with E-state index in [1.165, 1.54) is 0 Å². The second kappa shape index (κ2) is 5.38. The van der Waals surface area contributed by atoms with Crippen LogP contribution in [-0.2, 0) is 4.79 Å². The molecule has 1 amide bonds. The third-order valence-electron chi connectivity index (χ3n) is 2.25. The zero-order valence-electron chi connectivity index (χ0n) is 8.68. The van der Waals surface area contributed by atoms with Crippen molar-refractivity contribution in [2.75, 3.05) is 5.32 Å². The molecule has 0 bridgehead atoms. The van der Waals surface area contributed by atoms with Crippen LogP contribution in [0.25, 0.3) is 0 Å². The van der Waals surface area contributed by atoms with Crippen LogP contribution in [0.4, 0.5) is 5.69 Å². The molecule has 0 spiro atoms. The summed E-state index contributed by atoms with van der Waals surface area (Å²) in [4.78, 5) is 11.6. The van der Waals surface area contributed by atoms with Gasteiger partial charge in [0.25, 0.3) is 0 Å². The molecule has 0 heterocycles. The van der Waals surface area contributed by atoms with Gasteiger partial charge in [-0.1, -0.05) is 37.0 Å². The summed E-state index contributed by atoms with van der Waals surface area (Å²) in [6.45, 7) is 3.83. The maximum Gasteiger partial charge on any atom is 0.227 e. The van der Waals surface area contributed by atoms with E-state index in [0.717, 1.165) is 6.42 Å². The van der Waals surface area contributed by atoms with E-state index in [2.05, 4.69) is 5.32 Å². The Morgan fingerprint density at radius 2 is 2.13 bits per heavy atom. The van der Waals surface area contributed by atoms with Crippen LogP contribution in [0.15, 0.2) is 18.2 Å². The second-order valence-electron chi connectivity index (χ2n) is 3.42. The Hall–Kier alpha value is -0.730. The van der Waals surface area contributed by atoms with E-state index >= 15 is 0 Å². The molecular weight excluding hydrogens is 233 g/mol. The van der Waals surface area contributed by atoms with Gasteiger partial charge < -0.3 is 5.32 Å². The molecule has 0 fully saturated rings. The van der Waals surface area contributed by atoms with Gasteiger partial charge in [0.05, 0.1) is 10.7 Å². The van der Waals surface area contributed by atoms with Gasteiger partial charge in [-0.05, 0) is 24.6 Å². The molecule has 1 aromatic rings. The average molecular weight is 246 g/mol. The van der Waals surface area contributed by atoms with E-state index in [-0.39, 0.29) is 11.8 Å². The van der Waals surface area contributed by atoms with Gasteiger partial charge >= 0.3 is 0 Å². The summed E-state index contributed by atoms with van der Waals surface area (Å²) in [7, 11) is 0. The predicted octanol–water partition coefficient (Wildman–Crippen LogP) is 3.98. The molecule has 2 nitrogen and oxygen atoms in total. The Morgan fingerprint density at radius 1 is 1.47 bits per heavy atom. The predicted molar refractivity (Wildman–Crippen MR) is 64.5 cm³/mol. The zero-order chi connectivity index (χ0) is 11.4. The van der Waals surface area contributed by atoms with Crippen molar-refractivity contribution < 1.29 is 4.79 Å². The van der Waals surface area contributed by atoms with Crippen molar-refractivity contribution in [3.05, 3.63) is 28.2 Å². The molecule has 0 aliphatic rings. The quantitative estimate of drug-likeness (QED) is 0.858. The molecule has 4 heteroatoms. The summed E-state index contributed by atoms with van der Waals surface area (Å²) in [6, 6.07) is 4.99. The number of rotatable bonds is 3. The SMILES string of the molecule is CCC(C)C(=O)Nc1cc(Cl)ccc1Cl. The second-order valence-corrected chi connectivity index (χ2v) is 4.27. The van der Waals surface area contributed by atoms with E-state index in [4.69, 9.17) is 23.2 Å². The lowest BCUT2D eigenvalue weighted by Gasteiger charge is -2.11. The fraction of sp³-hybridized carbons (Fsp3) is 0.364. The lowest BCUT2D eigenvalue weighted by atomic mass is 10.1. The number of hydrogen-bond acceptors (Lipinski definition) is 1. The number of benzene rings is 1. The smallest absolute Gasteiger partial charge is 0.227 e. The Labute approximate surface area is 99.6 Å². The topological polar surface area (TPSA) is 29.1 Å². The maximum absolute atomic E-state index is 11.6. The number of carbonyl (C=O) groups is 1.